The number of anilines is 1. The third kappa shape index (κ3) is 6.30. The standard InChI is InChI=1S/C28H40N4O4S2/c1-4-6-16-30(3)38(35,36)22-12-10-21(11-13-22)26(33)29-27-25(28(34)32-17-8-7-9-18-32)23-14-19-31(15-5-2)20-24(23)37-27/h10-13H,4-9,14-20H2,1-3H3,(H,29,33). The number of carbonyl (C=O) groups is 2. The van der Waals surface area contributed by atoms with Gasteiger partial charge >= 0.3 is 0 Å². The molecule has 2 aliphatic heterocycles. The van der Waals surface area contributed by atoms with Crippen molar-refractivity contribution >= 4 is 38.2 Å². The first-order chi connectivity index (χ1) is 18.3. The Morgan fingerprint density at radius 3 is 2.39 bits per heavy atom. The number of thiophene rings is 1. The third-order valence-corrected chi connectivity index (χ3v) is 10.4. The second-order valence-electron chi connectivity index (χ2n) is 10.2. The van der Waals surface area contributed by atoms with Crippen molar-refractivity contribution in [2.24, 2.45) is 0 Å². The van der Waals surface area contributed by atoms with E-state index in [2.05, 4.69) is 17.1 Å². The van der Waals surface area contributed by atoms with Crippen LogP contribution in [0.5, 0.6) is 0 Å². The average molecular weight is 561 g/mol. The van der Waals surface area contributed by atoms with E-state index in [0.717, 1.165) is 88.1 Å². The number of hydrogen-bond donors (Lipinski definition) is 1. The van der Waals surface area contributed by atoms with Crippen LogP contribution in [0, 0.1) is 0 Å². The van der Waals surface area contributed by atoms with Crippen molar-refractivity contribution in [3.8, 4) is 0 Å². The average Bonchev–Trinajstić information content (AvgIpc) is 3.28. The van der Waals surface area contributed by atoms with Crippen LogP contribution in [0.3, 0.4) is 0 Å². The molecule has 0 unspecified atom stereocenters. The Hall–Kier alpha value is -2.27. The third-order valence-electron chi connectivity index (χ3n) is 7.41. The Morgan fingerprint density at radius 1 is 1.03 bits per heavy atom. The van der Waals surface area contributed by atoms with Crippen molar-refractivity contribution < 1.29 is 18.0 Å². The van der Waals surface area contributed by atoms with Crippen LogP contribution in [0.2, 0.25) is 0 Å². The summed E-state index contributed by atoms with van der Waals surface area (Å²) in [5, 5.41) is 3.62. The maximum atomic E-state index is 13.7. The number of rotatable bonds is 10. The topological polar surface area (TPSA) is 90.0 Å². The number of likely N-dealkylation sites (tertiary alicyclic amines) is 1. The van der Waals surface area contributed by atoms with Gasteiger partial charge in [-0.2, -0.15) is 0 Å². The highest BCUT2D eigenvalue weighted by Crippen LogP contribution is 2.38. The number of sulfonamides is 1. The first-order valence-electron chi connectivity index (χ1n) is 13.8. The van der Waals surface area contributed by atoms with Crippen LogP contribution in [0.1, 0.15) is 83.5 Å². The first-order valence-corrected chi connectivity index (χ1v) is 16.1. The predicted molar refractivity (Wildman–Crippen MR) is 152 cm³/mol. The molecule has 0 atom stereocenters. The molecule has 0 saturated carbocycles. The summed E-state index contributed by atoms with van der Waals surface area (Å²) < 4.78 is 27.0. The lowest BCUT2D eigenvalue weighted by Gasteiger charge is -2.29. The van der Waals surface area contributed by atoms with Gasteiger partial charge in [-0.15, -0.1) is 11.3 Å². The smallest absolute Gasteiger partial charge is 0.257 e. The first kappa shape index (κ1) is 28.7. The molecule has 2 amide bonds. The summed E-state index contributed by atoms with van der Waals surface area (Å²) in [6.07, 6.45) is 6.72. The minimum atomic E-state index is -3.61. The van der Waals surface area contributed by atoms with Crippen LogP contribution in [-0.4, -0.2) is 74.1 Å². The van der Waals surface area contributed by atoms with Gasteiger partial charge in [0, 0.05) is 50.2 Å². The maximum absolute atomic E-state index is 13.7. The number of carbonyl (C=O) groups excluding carboxylic acids is 2. The summed E-state index contributed by atoms with van der Waals surface area (Å²) in [4.78, 5) is 32.6. The Bertz CT molecular complexity index is 1230. The van der Waals surface area contributed by atoms with E-state index in [1.165, 1.54) is 27.8 Å². The van der Waals surface area contributed by atoms with Gasteiger partial charge in [-0.25, -0.2) is 12.7 Å². The SMILES string of the molecule is CCCCN(C)S(=O)(=O)c1ccc(C(=O)Nc2sc3c(c2C(=O)N2CCCCC2)CCN(CCC)C3)cc1. The van der Waals surface area contributed by atoms with E-state index in [9.17, 15) is 18.0 Å². The maximum Gasteiger partial charge on any atom is 0.257 e. The van der Waals surface area contributed by atoms with Crippen molar-refractivity contribution in [1.29, 1.82) is 0 Å². The Labute approximate surface area is 231 Å². The van der Waals surface area contributed by atoms with Crippen LogP contribution in [0.4, 0.5) is 5.00 Å². The zero-order valence-corrected chi connectivity index (χ0v) is 24.4. The molecule has 208 valence electrons. The number of amides is 2. The fraction of sp³-hybridized carbons (Fsp3) is 0.571. The largest absolute Gasteiger partial charge is 0.339 e. The number of unbranched alkanes of at least 4 members (excludes halogenated alkanes) is 1. The molecular formula is C28H40N4O4S2. The van der Waals surface area contributed by atoms with Crippen molar-refractivity contribution in [2.75, 3.05) is 45.1 Å². The van der Waals surface area contributed by atoms with E-state index < -0.39 is 10.0 Å². The van der Waals surface area contributed by atoms with Gasteiger partial charge in [-0.3, -0.25) is 14.5 Å². The second kappa shape index (κ2) is 12.7. The Morgan fingerprint density at radius 2 is 1.74 bits per heavy atom. The van der Waals surface area contributed by atoms with E-state index >= 15 is 0 Å². The van der Waals surface area contributed by atoms with Gasteiger partial charge in [0.2, 0.25) is 10.0 Å². The molecule has 0 bridgehead atoms. The van der Waals surface area contributed by atoms with E-state index in [1.54, 1.807) is 19.2 Å². The quantitative estimate of drug-likeness (QED) is 0.450. The van der Waals surface area contributed by atoms with E-state index in [0.29, 0.717) is 22.7 Å². The fourth-order valence-electron chi connectivity index (χ4n) is 5.17. The summed E-state index contributed by atoms with van der Waals surface area (Å²) >= 11 is 1.50. The normalized spacial score (nSPS) is 16.5. The molecule has 10 heteroatoms. The lowest BCUT2D eigenvalue weighted by Crippen LogP contribution is -2.37. The molecular weight excluding hydrogens is 520 g/mol. The molecule has 1 aromatic heterocycles. The highest BCUT2D eigenvalue weighted by Gasteiger charge is 2.31. The second-order valence-corrected chi connectivity index (χ2v) is 13.4. The molecule has 0 radical (unpaired) electrons. The van der Waals surface area contributed by atoms with Crippen LogP contribution in [0.15, 0.2) is 29.2 Å². The van der Waals surface area contributed by atoms with Gasteiger partial charge in [-0.1, -0.05) is 20.3 Å². The van der Waals surface area contributed by atoms with Crippen molar-refractivity contribution in [1.82, 2.24) is 14.1 Å². The van der Waals surface area contributed by atoms with Crippen molar-refractivity contribution in [3.63, 3.8) is 0 Å². The lowest BCUT2D eigenvalue weighted by molar-refractivity contribution is 0.0724. The van der Waals surface area contributed by atoms with Crippen LogP contribution < -0.4 is 5.32 Å². The van der Waals surface area contributed by atoms with E-state index in [-0.39, 0.29) is 16.7 Å². The predicted octanol–water partition coefficient (Wildman–Crippen LogP) is 4.82. The molecule has 1 saturated heterocycles. The van der Waals surface area contributed by atoms with Gasteiger partial charge in [-0.05, 0) is 74.9 Å². The molecule has 1 fully saturated rings. The molecule has 0 spiro atoms. The summed E-state index contributed by atoms with van der Waals surface area (Å²) in [7, 11) is -2.03. The molecule has 38 heavy (non-hydrogen) atoms. The molecule has 2 aromatic rings. The van der Waals surface area contributed by atoms with Crippen molar-refractivity contribution in [2.45, 2.75) is 70.2 Å². The van der Waals surface area contributed by atoms with Crippen LogP contribution in [0.25, 0.3) is 0 Å². The number of piperidine rings is 1. The summed E-state index contributed by atoms with van der Waals surface area (Å²) in [6.45, 7) is 8.86. The number of fused-ring (bicyclic) bond motifs is 1. The summed E-state index contributed by atoms with van der Waals surface area (Å²) in [5.74, 6) is -0.331. The molecule has 4 rings (SSSR count). The highest BCUT2D eigenvalue weighted by atomic mass is 32.2. The van der Waals surface area contributed by atoms with E-state index in [1.807, 2.05) is 11.8 Å². The van der Waals surface area contributed by atoms with Crippen LogP contribution >= 0.6 is 11.3 Å². The number of nitrogens with zero attached hydrogens (tertiary/aromatic N) is 3. The minimum Gasteiger partial charge on any atom is -0.339 e. The Balaban J connectivity index is 1.57. The fourth-order valence-corrected chi connectivity index (χ4v) is 7.65. The van der Waals surface area contributed by atoms with Gasteiger partial charge in [0.05, 0.1) is 10.5 Å². The molecule has 3 heterocycles. The molecule has 8 nitrogen and oxygen atoms in total. The zero-order valence-electron chi connectivity index (χ0n) is 22.8. The molecule has 1 N–H and O–H groups in total. The zero-order chi connectivity index (χ0) is 27.3. The summed E-state index contributed by atoms with van der Waals surface area (Å²) in [5.41, 5.74) is 2.08. The number of hydrogen-bond acceptors (Lipinski definition) is 6. The molecule has 2 aliphatic rings. The van der Waals surface area contributed by atoms with E-state index in [4.69, 9.17) is 0 Å². The van der Waals surface area contributed by atoms with Gasteiger partial charge < -0.3 is 10.2 Å². The lowest BCUT2D eigenvalue weighted by atomic mass is 10.0. The summed E-state index contributed by atoms with van der Waals surface area (Å²) in [6, 6.07) is 6.04. The highest BCUT2D eigenvalue weighted by molar-refractivity contribution is 7.89. The molecule has 1 aromatic carbocycles. The number of benzene rings is 1. The van der Waals surface area contributed by atoms with Gasteiger partial charge in [0.15, 0.2) is 0 Å². The monoisotopic (exact) mass is 560 g/mol. The van der Waals surface area contributed by atoms with Crippen molar-refractivity contribution in [3.05, 3.63) is 45.8 Å². The van der Waals surface area contributed by atoms with Crippen LogP contribution in [-0.2, 0) is 23.0 Å². The van der Waals surface area contributed by atoms with Gasteiger partial charge in [0.1, 0.15) is 5.00 Å². The Kier molecular flexibility index (Phi) is 9.62. The minimum absolute atomic E-state index is 0.0120. The number of nitrogens with one attached hydrogen (secondary N) is 1. The van der Waals surface area contributed by atoms with Gasteiger partial charge in [0.25, 0.3) is 11.8 Å². The molecule has 0 aliphatic carbocycles.